The van der Waals surface area contributed by atoms with E-state index in [0.29, 0.717) is 16.6 Å². The van der Waals surface area contributed by atoms with E-state index in [9.17, 15) is 4.79 Å². The molecule has 2 aromatic heterocycles. The molecule has 0 unspecified atom stereocenters. The van der Waals surface area contributed by atoms with Gasteiger partial charge in [0, 0.05) is 17.5 Å². The Morgan fingerprint density at radius 3 is 2.70 bits per heavy atom. The van der Waals surface area contributed by atoms with Gasteiger partial charge in [-0.15, -0.1) is 29.3 Å². The van der Waals surface area contributed by atoms with Gasteiger partial charge >= 0.3 is 0 Å². The third-order valence-electron chi connectivity index (χ3n) is 3.13. The molecule has 116 valence electrons. The monoisotopic (exact) mass is 404 g/mol. The van der Waals surface area contributed by atoms with Crippen molar-refractivity contribution >= 4 is 49.6 Å². The van der Waals surface area contributed by atoms with Gasteiger partial charge in [-0.2, -0.15) is 0 Å². The Labute approximate surface area is 151 Å². The number of carbonyl (C=O) groups is 1. The average molecular weight is 405 g/mol. The maximum atomic E-state index is 12.7. The molecule has 0 saturated carbocycles. The van der Waals surface area contributed by atoms with E-state index in [4.69, 9.17) is 0 Å². The molecule has 0 bridgehead atoms. The highest BCUT2D eigenvalue weighted by atomic mass is 79.9. The van der Waals surface area contributed by atoms with Crippen molar-refractivity contribution in [1.29, 1.82) is 0 Å². The fourth-order valence-corrected chi connectivity index (χ4v) is 4.25. The van der Waals surface area contributed by atoms with Crippen molar-refractivity contribution in [2.75, 3.05) is 11.4 Å². The SMILES string of the molecule is C=CCN(C(=O)c1ccc(Br)s1)c1nc(-c2ccccc2)cs1. The third kappa shape index (κ3) is 3.60. The molecule has 23 heavy (non-hydrogen) atoms. The molecule has 1 aromatic carbocycles. The third-order valence-corrected chi connectivity index (χ3v) is 5.61. The minimum absolute atomic E-state index is 0.0606. The van der Waals surface area contributed by atoms with Gasteiger partial charge in [-0.3, -0.25) is 9.69 Å². The van der Waals surface area contributed by atoms with Gasteiger partial charge in [0.15, 0.2) is 5.13 Å². The first-order valence-electron chi connectivity index (χ1n) is 6.88. The molecular formula is C17H13BrN2OS2. The van der Waals surface area contributed by atoms with Crippen molar-refractivity contribution in [1.82, 2.24) is 4.98 Å². The van der Waals surface area contributed by atoms with Crippen LogP contribution in [0.4, 0.5) is 5.13 Å². The maximum Gasteiger partial charge on any atom is 0.270 e. The van der Waals surface area contributed by atoms with Crippen molar-refractivity contribution < 1.29 is 4.79 Å². The van der Waals surface area contributed by atoms with E-state index in [1.54, 1.807) is 11.0 Å². The fourth-order valence-electron chi connectivity index (χ4n) is 2.07. The smallest absolute Gasteiger partial charge is 0.270 e. The predicted molar refractivity (Wildman–Crippen MR) is 101 cm³/mol. The normalized spacial score (nSPS) is 10.5. The predicted octanol–water partition coefficient (Wildman–Crippen LogP) is 5.47. The van der Waals surface area contributed by atoms with Gasteiger partial charge in [0.05, 0.1) is 14.4 Å². The number of thiazole rings is 1. The number of anilines is 1. The number of rotatable bonds is 5. The molecule has 2 heterocycles. The number of hydrogen-bond acceptors (Lipinski definition) is 4. The number of hydrogen-bond donors (Lipinski definition) is 0. The van der Waals surface area contributed by atoms with E-state index in [0.717, 1.165) is 15.0 Å². The van der Waals surface area contributed by atoms with E-state index < -0.39 is 0 Å². The first kappa shape index (κ1) is 16.1. The van der Waals surface area contributed by atoms with Crippen LogP contribution in [0.25, 0.3) is 11.3 Å². The summed E-state index contributed by atoms with van der Waals surface area (Å²) in [5.41, 5.74) is 1.92. The van der Waals surface area contributed by atoms with E-state index in [-0.39, 0.29) is 5.91 Å². The van der Waals surface area contributed by atoms with E-state index in [1.807, 2.05) is 47.8 Å². The second kappa shape index (κ2) is 7.21. The summed E-state index contributed by atoms with van der Waals surface area (Å²) < 4.78 is 0.934. The van der Waals surface area contributed by atoms with Crippen LogP contribution in [0.5, 0.6) is 0 Å². The first-order valence-corrected chi connectivity index (χ1v) is 9.37. The first-order chi connectivity index (χ1) is 11.2. The highest BCUT2D eigenvalue weighted by Crippen LogP contribution is 2.30. The second-order valence-corrected chi connectivity index (χ2v) is 7.99. The average Bonchev–Trinajstić information content (AvgIpc) is 3.22. The van der Waals surface area contributed by atoms with Crippen LogP contribution in [0.1, 0.15) is 9.67 Å². The van der Waals surface area contributed by atoms with Crippen LogP contribution in [0.15, 0.2) is 64.3 Å². The molecule has 0 aliphatic carbocycles. The minimum atomic E-state index is -0.0606. The van der Waals surface area contributed by atoms with Crippen LogP contribution in [0.2, 0.25) is 0 Å². The van der Waals surface area contributed by atoms with Crippen LogP contribution >= 0.6 is 38.6 Å². The van der Waals surface area contributed by atoms with Crippen LogP contribution < -0.4 is 4.90 Å². The topological polar surface area (TPSA) is 33.2 Å². The van der Waals surface area contributed by atoms with Crippen LogP contribution in [-0.4, -0.2) is 17.4 Å². The number of nitrogens with zero attached hydrogens (tertiary/aromatic N) is 2. The molecule has 0 atom stereocenters. The van der Waals surface area contributed by atoms with Gasteiger partial charge in [-0.1, -0.05) is 36.4 Å². The maximum absolute atomic E-state index is 12.7. The van der Waals surface area contributed by atoms with E-state index >= 15 is 0 Å². The van der Waals surface area contributed by atoms with Crippen molar-refractivity contribution in [2.24, 2.45) is 0 Å². The molecule has 3 rings (SSSR count). The standard InChI is InChI=1S/C17H13BrN2OS2/c1-2-10-20(16(21)14-8-9-15(18)23-14)17-19-13(11-22-17)12-6-4-3-5-7-12/h2-9,11H,1,10H2. The van der Waals surface area contributed by atoms with Gasteiger partial charge < -0.3 is 0 Å². The molecule has 6 heteroatoms. The fraction of sp³-hybridized carbons (Fsp3) is 0.0588. The van der Waals surface area contributed by atoms with E-state index in [2.05, 4.69) is 27.5 Å². The van der Waals surface area contributed by atoms with Crippen molar-refractivity contribution in [3.63, 3.8) is 0 Å². The summed E-state index contributed by atoms with van der Waals surface area (Å²) >= 11 is 6.27. The van der Waals surface area contributed by atoms with Gasteiger partial charge in [0.25, 0.3) is 5.91 Å². The summed E-state index contributed by atoms with van der Waals surface area (Å²) in [5.74, 6) is -0.0606. The van der Waals surface area contributed by atoms with Crippen molar-refractivity contribution in [3.8, 4) is 11.3 Å². The van der Waals surface area contributed by atoms with Gasteiger partial charge in [0.1, 0.15) is 0 Å². The number of halogens is 1. The largest absolute Gasteiger partial charge is 0.279 e. The quantitative estimate of drug-likeness (QED) is 0.528. The molecule has 0 fully saturated rings. The molecule has 0 aliphatic heterocycles. The summed E-state index contributed by atoms with van der Waals surface area (Å²) in [4.78, 5) is 19.7. The van der Waals surface area contributed by atoms with Gasteiger partial charge in [-0.25, -0.2) is 4.98 Å². The number of carbonyl (C=O) groups excluding carboxylic acids is 1. The zero-order valence-corrected chi connectivity index (χ0v) is 15.3. The Bertz CT molecular complexity index is 826. The lowest BCUT2D eigenvalue weighted by molar-refractivity contribution is 0.0993. The zero-order chi connectivity index (χ0) is 16.2. The summed E-state index contributed by atoms with van der Waals surface area (Å²) in [6.45, 7) is 4.18. The van der Waals surface area contributed by atoms with Crippen molar-refractivity contribution in [2.45, 2.75) is 0 Å². The Morgan fingerprint density at radius 2 is 2.04 bits per heavy atom. The molecule has 0 aliphatic rings. The lowest BCUT2D eigenvalue weighted by Crippen LogP contribution is -2.30. The summed E-state index contributed by atoms with van der Waals surface area (Å²) in [6, 6.07) is 13.6. The molecule has 0 spiro atoms. The Hall–Kier alpha value is -1.76. The summed E-state index contributed by atoms with van der Waals surface area (Å²) in [5, 5.41) is 2.65. The molecular weight excluding hydrogens is 392 g/mol. The Kier molecular flexibility index (Phi) is 5.05. The van der Waals surface area contributed by atoms with Crippen LogP contribution in [-0.2, 0) is 0 Å². The van der Waals surface area contributed by atoms with E-state index in [1.165, 1.54) is 22.7 Å². The number of thiophene rings is 1. The lowest BCUT2D eigenvalue weighted by Gasteiger charge is -2.16. The molecule has 3 aromatic rings. The van der Waals surface area contributed by atoms with Gasteiger partial charge in [0.2, 0.25) is 0 Å². The zero-order valence-electron chi connectivity index (χ0n) is 12.1. The van der Waals surface area contributed by atoms with Crippen LogP contribution in [0, 0.1) is 0 Å². The molecule has 0 saturated heterocycles. The Balaban J connectivity index is 1.91. The Morgan fingerprint density at radius 1 is 1.26 bits per heavy atom. The minimum Gasteiger partial charge on any atom is -0.279 e. The summed E-state index contributed by atoms with van der Waals surface area (Å²) in [7, 11) is 0. The molecule has 3 nitrogen and oxygen atoms in total. The molecule has 0 N–H and O–H groups in total. The number of aromatic nitrogens is 1. The number of amides is 1. The molecule has 0 radical (unpaired) electrons. The van der Waals surface area contributed by atoms with Crippen LogP contribution in [0.3, 0.4) is 0 Å². The number of benzene rings is 1. The lowest BCUT2D eigenvalue weighted by atomic mass is 10.2. The highest BCUT2D eigenvalue weighted by molar-refractivity contribution is 9.11. The second-order valence-electron chi connectivity index (χ2n) is 4.69. The highest BCUT2D eigenvalue weighted by Gasteiger charge is 2.21. The molecule has 1 amide bonds. The van der Waals surface area contributed by atoms with Gasteiger partial charge in [-0.05, 0) is 28.1 Å². The summed E-state index contributed by atoms with van der Waals surface area (Å²) in [6.07, 6.45) is 1.71. The van der Waals surface area contributed by atoms with Crippen molar-refractivity contribution in [3.05, 3.63) is 69.2 Å².